The van der Waals surface area contributed by atoms with Crippen molar-refractivity contribution in [2.75, 3.05) is 0 Å². The van der Waals surface area contributed by atoms with Crippen LogP contribution >= 0.6 is 0 Å². The van der Waals surface area contributed by atoms with Crippen LogP contribution < -0.4 is 24.0 Å². The van der Waals surface area contributed by atoms with Crippen LogP contribution in [0.5, 0.6) is 0 Å². The largest absolute Gasteiger partial charge is 1.00 e. The standard InChI is InChI=1S/C15H15NO2.Li/c1-11-6-2-3-7-12(11)10-13(15(17)18)14-8-4-5-9-16-14;/h2-9,13H,10H2,1H3,(H,17,18);/q;+1/p-1. The zero-order chi connectivity index (χ0) is 13.0. The molecule has 0 aliphatic rings. The number of rotatable bonds is 4. The molecule has 1 heterocycles. The monoisotopic (exact) mass is 247 g/mol. The molecule has 4 heteroatoms. The van der Waals surface area contributed by atoms with Crippen molar-refractivity contribution in [3.8, 4) is 0 Å². The maximum absolute atomic E-state index is 11.3. The van der Waals surface area contributed by atoms with Crippen molar-refractivity contribution in [2.45, 2.75) is 19.3 Å². The maximum Gasteiger partial charge on any atom is 1.00 e. The van der Waals surface area contributed by atoms with Crippen molar-refractivity contribution in [3.63, 3.8) is 0 Å². The van der Waals surface area contributed by atoms with Crippen molar-refractivity contribution in [1.82, 2.24) is 4.98 Å². The van der Waals surface area contributed by atoms with Crippen LogP contribution in [0.15, 0.2) is 48.7 Å². The number of carbonyl (C=O) groups excluding carboxylic acids is 1. The number of aromatic nitrogens is 1. The van der Waals surface area contributed by atoms with E-state index in [1.165, 1.54) is 0 Å². The van der Waals surface area contributed by atoms with Crippen LogP contribution in [0.25, 0.3) is 0 Å². The van der Waals surface area contributed by atoms with E-state index in [1.54, 1.807) is 24.4 Å². The first kappa shape index (κ1) is 15.5. The molecule has 92 valence electrons. The number of carbonyl (C=O) groups is 1. The number of pyridine rings is 1. The molecule has 3 nitrogen and oxygen atoms in total. The third kappa shape index (κ3) is 3.95. The summed E-state index contributed by atoms with van der Waals surface area (Å²) in [6, 6.07) is 13.0. The molecule has 0 bridgehead atoms. The number of aliphatic carboxylic acids is 1. The first-order valence-corrected chi connectivity index (χ1v) is 5.85. The SMILES string of the molecule is Cc1ccccc1CC(C(=O)[O-])c1ccccn1.[Li+]. The van der Waals surface area contributed by atoms with Gasteiger partial charge in [-0.25, -0.2) is 0 Å². The molecule has 0 aliphatic heterocycles. The zero-order valence-corrected chi connectivity index (χ0v) is 11.2. The van der Waals surface area contributed by atoms with E-state index in [0.717, 1.165) is 11.1 Å². The van der Waals surface area contributed by atoms with Gasteiger partial charge < -0.3 is 9.90 Å². The predicted octanol–water partition coefficient (Wildman–Crippen LogP) is -1.53. The summed E-state index contributed by atoms with van der Waals surface area (Å²) >= 11 is 0. The number of hydrogen-bond acceptors (Lipinski definition) is 3. The van der Waals surface area contributed by atoms with Gasteiger partial charge in [-0.05, 0) is 36.6 Å². The van der Waals surface area contributed by atoms with Gasteiger partial charge in [0.05, 0.1) is 5.97 Å². The fourth-order valence-electron chi connectivity index (χ4n) is 1.95. The van der Waals surface area contributed by atoms with Crippen LogP contribution in [0, 0.1) is 6.92 Å². The molecule has 0 saturated carbocycles. The Labute approximate surface area is 124 Å². The van der Waals surface area contributed by atoms with E-state index >= 15 is 0 Å². The molecule has 1 unspecified atom stereocenters. The van der Waals surface area contributed by atoms with Gasteiger partial charge in [0.1, 0.15) is 0 Å². The van der Waals surface area contributed by atoms with E-state index in [4.69, 9.17) is 0 Å². The topological polar surface area (TPSA) is 53.0 Å². The van der Waals surface area contributed by atoms with Crippen molar-refractivity contribution < 1.29 is 28.8 Å². The van der Waals surface area contributed by atoms with Crippen molar-refractivity contribution in [1.29, 1.82) is 0 Å². The van der Waals surface area contributed by atoms with Gasteiger partial charge in [0.25, 0.3) is 0 Å². The minimum Gasteiger partial charge on any atom is -0.549 e. The Bertz CT molecular complexity index is 543. The number of hydrogen-bond donors (Lipinski definition) is 0. The van der Waals surface area contributed by atoms with Gasteiger partial charge in [0.15, 0.2) is 0 Å². The van der Waals surface area contributed by atoms with E-state index in [1.807, 2.05) is 31.2 Å². The van der Waals surface area contributed by atoms with Crippen LogP contribution in [-0.4, -0.2) is 11.0 Å². The average Bonchev–Trinajstić information content (AvgIpc) is 2.38. The molecule has 2 rings (SSSR count). The molecule has 1 atom stereocenters. The zero-order valence-electron chi connectivity index (χ0n) is 11.2. The Morgan fingerprint density at radius 3 is 2.47 bits per heavy atom. The van der Waals surface area contributed by atoms with Gasteiger partial charge in [-0.15, -0.1) is 0 Å². The fourth-order valence-corrected chi connectivity index (χ4v) is 1.95. The van der Waals surface area contributed by atoms with Gasteiger partial charge in [-0.3, -0.25) is 4.98 Å². The normalized spacial score (nSPS) is 11.4. The van der Waals surface area contributed by atoms with Crippen LogP contribution in [0.2, 0.25) is 0 Å². The van der Waals surface area contributed by atoms with Gasteiger partial charge in [0, 0.05) is 17.8 Å². The first-order chi connectivity index (χ1) is 8.68. The fraction of sp³-hybridized carbons (Fsp3) is 0.200. The Kier molecular flexibility index (Phi) is 5.82. The maximum atomic E-state index is 11.3. The summed E-state index contributed by atoms with van der Waals surface area (Å²) in [5.74, 6) is -1.79. The van der Waals surface area contributed by atoms with Crippen LogP contribution in [0.1, 0.15) is 22.7 Å². The summed E-state index contributed by atoms with van der Waals surface area (Å²) in [5.41, 5.74) is 2.64. The molecule has 0 radical (unpaired) electrons. The number of aryl methyl sites for hydroxylation is 1. The molecule has 1 aromatic heterocycles. The van der Waals surface area contributed by atoms with E-state index in [0.29, 0.717) is 12.1 Å². The summed E-state index contributed by atoms with van der Waals surface area (Å²) in [7, 11) is 0. The minimum absolute atomic E-state index is 0. The first-order valence-electron chi connectivity index (χ1n) is 5.85. The molecule has 0 aliphatic carbocycles. The number of carboxylic acid groups (broad SMARTS) is 1. The second-order valence-electron chi connectivity index (χ2n) is 4.26. The molecule has 0 amide bonds. The third-order valence-corrected chi connectivity index (χ3v) is 3.01. The summed E-state index contributed by atoms with van der Waals surface area (Å²) in [6.45, 7) is 1.97. The van der Waals surface area contributed by atoms with E-state index in [2.05, 4.69) is 4.98 Å². The Balaban J connectivity index is 0.00000180. The Hall–Kier alpha value is -1.56. The molecule has 0 N–H and O–H groups in total. The van der Waals surface area contributed by atoms with Crippen molar-refractivity contribution in [2.24, 2.45) is 0 Å². The second kappa shape index (κ2) is 7.13. The summed E-state index contributed by atoms with van der Waals surface area (Å²) in [4.78, 5) is 15.4. The smallest absolute Gasteiger partial charge is 0.549 e. The Morgan fingerprint density at radius 2 is 1.89 bits per heavy atom. The van der Waals surface area contributed by atoms with E-state index in [-0.39, 0.29) is 18.9 Å². The number of carboxylic acids is 1. The summed E-state index contributed by atoms with van der Waals surface area (Å²) < 4.78 is 0. The third-order valence-electron chi connectivity index (χ3n) is 3.01. The van der Waals surface area contributed by atoms with Crippen molar-refractivity contribution in [3.05, 3.63) is 65.5 Å². The van der Waals surface area contributed by atoms with Gasteiger partial charge in [-0.1, -0.05) is 30.3 Å². The molecule has 19 heavy (non-hydrogen) atoms. The van der Waals surface area contributed by atoms with Crippen LogP contribution in [0.3, 0.4) is 0 Å². The minimum atomic E-state index is -1.09. The average molecular weight is 247 g/mol. The summed E-state index contributed by atoms with van der Waals surface area (Å²) in [5, 5.41) is 11.3. The number of benzene rings is 1. The van der Waals surface area contributed by atoms with Crippen LogP contribution in [-0.2, 0) is 11.2 Å². The molecule has 1 aromatic carbocycles. The molecule has 0 fully saturated rings. The quantitative estimate of drug-likeness (QED) is 0.616. The predicted molar refractivity (Wildman–Crippen MR) is 66.9 cm³/mol. The number of nitrogens with zero attached hydrogens (tertiary/aromatic N) is 1. The molecule has 2 aromatic rings. The van der Waals surface area contributed by atoms with Crippen molar-refractivity contribution >= 4 is 5.97 Å². The van der Waals surface area contributed by atoms with Gasteiger partial charge in [-0.2, -0.15) is 0 Å². The molecular formula is C15H14LiNO2. The molecule has 0 spiro atoms. The van der Waals surface area contributed by atoms with E-state index in [9.17, 15) is 9.90 Å². The summed E-state index contributed by atoms with van der Waals surface area (Å²) in [6.07, 6.45) is 2.01. The van der Waals surface area contributed by atoms with Crippen LogP contribution in [0.4, 0.5) is 0 Å². The molecular weight excluding hydrogens is 233 g/mol. The molecule has 0 saturated heterocycles. The second-order valence-corrected chi connectivity index (χ2v) is 4.26. The van der Waals surface area contributed by atoms with Gasteiger partial charge >= 0.3 is 18.9 Å². The van der Waals surface area contributed by atoms with E-state index < -0.39 is 11.9 Å². The Morgan fingerprint density at radius 1 is 1.21 bits per heavy atom. The van der Waals surface area contributed by atoms with Gasteiger partial charge in [0.2, 0.25) is 0 Å².